The fraction of sp³-hybridized carbons (Fsp3) is 0.125. The zero-order valence-corrected chi connectivity index (χ0v) is 18.8. The van der Waals surface area contributed by atoms with Crippen molar-refractivity contribution in [3.05, 3.63) is 88.2 Å². The predicted molar refractivity (Wildman–Crippen MR) is 129 cm³/mol. The van der Waals surface area contributed by atoms with Crippen LogP contribution in [0.1, 0.15) is 6.92 Å². The molecule has 162 valence electrons. The van der Waals surface area contributed by atoms with E-state index in [4.69, 9.17) is 16.3 Å². The van der Waals surface area contributed by atoms with E-state index in [1.807, 2.05) is 25.1 Å². The van der Waals surface area contributed by atoms with Gasteiger partial charge in [0, 0.05) is 5.02 Å². The second kappa shape index (κ2) is 9.89. The molecule has 0 aliphatic heterocycles. The summed E-state index contributed by atoms with van der Waals surface area (Å²) < 4.78 is 7.07. The minimum Gasteiger partial charge on any atom is -0.492 e. The molecule has 0 unspecified atom stereocenters. The third kappa shape index (κ3) is 4.79. The number of aromatic nitrogens is 2. The average molecular weight is 466 g/mol. The highest BCUT2D eigenvalue weighted by Gasteiger charge is 2.15. The summed E-state index contributed by atoms with van der Waals surface area (Å²) in [5, 5.41) is 4.36. The molecule has 4 rings (SSSR count). The Morgan fingerprint density at radius 1 is 1.06 bits per heavy atom. The number of nitrogens with one attached hydrogen (secondary N) is 1. The SMILES string of the molecule is CCOc1ccccc1NC(=O)CSc1nc2ccccc2c(=O)n1-c1ccc(Cl)cc1. The summed E-state index contributed by atoms with van der Waals surface area (Å²) in [6, 6.07) is 21.3. The molecule has 0 saturated carbocycles. The van der Waals surface area contributed by atoms with Crippen LogP contribution in [0.2, 0.25) is 5.02 Å². The number of carbonyl (C=O) groups excluding carboxylic acids is 1. The average Bonchev–Trinajstić information content (AvgIpc) is 2.80. The van der Waals surface area contributed by atoms with Crippen LogP contribution >= 0.6 is 23.4 Å². The zero-order valence-electron chi connectivity index (χ0n) is 17.2. The fourth-order valence-electron chi connectivity index (χ4n) is 3.19. The second-order valence-corrected chi connectivity index (χ2v) is 8.17. The second-order valence-electron chi connectivity index (χ2n) is 6.79. The molecule has 4 aromatic rings. The maximum atomic E-state index is 13.2. The highest BCUT2D eigenvalue weighted by molar-refractivity contribution is 7.99. The lowest BCUT2D eigenvalue weighted by atomic mass is 10.2. The van der Waals surface area contributed by atoms with Gasteiger partial charge in [0.05, 0.1) is 34.6 Å². The Morgan fingerprint density at radius 3 is 2.56 bits per heavy atom. The van der Waals surface area contributed by atoms with Crippen molar-refractivity contribution >= 4 is 45.9 Å². The largest absolute Gasteiger partial charge is 0.492 e. The summed E-state index contributed by atoms with van der Waals surface area (Å²) >= 11 is 7.20. The van der Waals surface area contributed by atoms with E-state index >= 15 is 0 Å². The minimum absolute atomic E-state index is 0.0683. The Balaban J connectivity index is 1.64. The Bertz CT molecular complexity index is 1320. The first-order chi connectivity index (χ1) is 15.6. The Morgan fingerprint density at radius 2 is 1.78 bits per heavy atom. The van der Waals surface area contributed by atoms with Gasteiger partial charge in [-0.2, -0.15) is 0 Å². The summed E-state index contributed by atoms with van der Waals surface area (Å²) in [6.45, 7) is 2.38. The third-order valence-corrected chi connectivity index (χ3v) is 5.81. The Hall–Kier alpha value is -3.29. The number of ether oxygens (including phenoxy) is 1. The third-order valence-electron chi connectivity index (χ3n) is 4.62. The van der Waals surface area contributed by atoms with Crippen LogP contribution in [-0.2, 0) is 4.79 Å². The van der Waals surface area contributed by atoms with Gasteiger partial charge in [-0.05, 0) is 55.5 Å². The lowest BCUT2D eigenvalue weighted by Gasteiger charge is -2.14. The van der Waals surface area contributed by atoms with Crippen molar-refractivity contribution in [1.29, 1.82) is 0 Å². The molecule has 0 aliphatic rings. The lowest BCUT2D eigenvalue weighted by Crippen LogP contribution is -2.23. The van der Waals surface area contributed by atoms with Crippen LogP contribution in [-0.4, -0.2) is 27.8 Å². The zero-order chi connectivity index (χ0) is 22.5. The number of benzene rings is 3. The minimum atomic E-state index is -0.229. The van der Waals surface area contributed by atoms with Crippen LogP contribution in [0.5, 0.6) is 5.75 Å². The van der Waals surface area contributed by atoms with E-state index in [2.05, 4.69) is 10.3 Å². The van der Waals surface area contributed by atoms with Crippen molar-refractivity contribution in [3.63, 3.8) is 0 Å². The van der Waals surface area contributed by atoms with Gasteiger partial charge >= 0.3 is 0 Å². The number of fused-ring (bicyclic) bond motifs is 1. The molecule has 0 radical (unpaired) electrons. The number of thioether (sulfide) groups is 1. The molecule has 1 aromatic heterocycles. The number of amides is 1. The standard InChI is InChI=1S/C24H20ClN3O3S/c1-2-31-21-10-6-5-9-20(21)26-22(29)15-32-24-27-19-8-4-3-7-18(19)23(30)28(24)17-13-11-16(25)12-14-17/h3-14H,2,15H2,1H3,(H,26,29). The molecule has 1 N–H and O–H groups in total. The summed E-state index contributed by atoms with van der Waals surface area (Å²) in [6.07, 6.45) is 0. The van der Waals surface area contributed by atoms with Gasteiger partial charge in [-0.1, -0.05) is 47.6 Å². The molecule has 1 heterocycles. The number of nitrogens with zero attached hydrogens (tertiary/aromatic N) is 2. The monoisotopic (exact) mass is 465 g/mol. The smallest absolute Gasteiger partial charge is 0.266 e. The molecule has 3 aromatic carbocycles. The molecule has 0 aliphatic carbocycles. The van der Waals surface area contributed by atoms with Gasteiger partial charge in [-0.3, -0.25) is 14.2 Å². The lowest BCUT2D eigenvalue weighted by molar-refractivity contribution is -0.113. The first kappa shape index (κ1) is 21.9. The van der Waals surface area contributed by atoms with Gasteiger partial charge in [0.1, 0.15) is 5.75 Å². The molecule has 0 atom stereocenters. The van der Waals surface area contributed by atoms with Gasteiger partial charge < -0.3 is 10.1 Å². The highest BCUT2D eigenvalue weighted by atomic mass is 35.5. The molecule has 6 nitrogen and oxygen atoms in total. The van der Waals surface area contributed by atoms with Crippen LogP contribution < -0.4 is 15.6 Å². The first-order valence-electron chi connectivity index (χ1n) is 9.99. The number of anilines is 1. The number of carbonyl (C=O) groups is 1. The van der Waals surface area contributed by atoms with E-state index < -0.39 is 0 Å². The first-order valence-corrected chi connectivity index (χ1v) is 11.4. The predicted octanol–water partition coefficient (Wildman–Crippen LogP) is 5.17. The van der Waals surface area contributed by atoms with Crippen molar-refractivity contribution in [2.24, 2.45) is 0 Å². The van der Waals surface area contributed by atoms with Crippen molar-refractivity contribution in [2.45, 2.75) is 12.1 Å². The maximum Gasteiger partial charge on any atom is 0.266 e. The van der Waals surface area contributed by atoms with Crippen LogP contribution in [0, 0.1) is 0 Å². The van der Waals surface area contributed by atoms with E-state index in [-0.39, 0.29) is 17.2 Å². The molecule has 0 saturated heterocycles. The molecule has 0 bridgehead atoms. The Labute approximate surface area is 194 Å². The fourth-order valence-corrected chi connectivity index (χ4v) is 4.13. The summed E-state index contributed by atoms with van der Waals surface area (Å²) in [7, 11) is 0. The highest BCUT2D eigenvalue weighted by Crippen LogP contribution is 2.25. The number of hydrogen-bond acceptors (Lipinski definition) is 5. The molecule has 0 spiro atoms. The number of halogens is 1. The molecule has 32 heavy (non-hydrogen) atoms. The maximum absolute atomic E-state index is 13.2. The summed E-state index contributed by atoms with van der Waals surface area (Å²) in [5.74, 6) is 0.446. The molecular weight excluding hydrogens is 446 g/mol. The van der Waals surface area contributed by atoms with Crippen LogP contribution in [0.4, 0.5) is 5.69 Å². The molecular formula is C24H20ClN3O3S. The quantitative estimate of drug-likeness (QED) is 0.301. The van der Waals surface area contributed by atoms with E-state index in [1.165, 1.54) is 16.3 Å². The van der Waals surface area contributed by atoms with Gasteiger partial charge in [0.2, 0.25) is 5.91 Å². The number of para-hydroxylation sites is 3. The molecule has 1 amide bonds. The van der Waals surface area contributed by atoms with Crippen molar-refractivity contribution in [3.8, 4) is 11.4 Å². The van der Waals surface area contributed by atoms with E-state index in [9.17, 15) is 9.59 Å². The van der Waals surface area contributed by atoms with Crippen molar-refractivity contribution < 1.29 is 9.53 Å². The topological polar surface area (TPSA) is 73.2 Å². The normalized spacial score (nSPS) is 10.8. The van der Waals surface area contributed by atoms with E-state index in [0.29, 0.717) is 44.8 Å². The van der Waals surface area contributed by atoms with Crippen molar-refractivity contribution in [2.75, 3.05) is 17.7 Å². The van der Waals surface area contributed by atoms with Crippen LogP contribution in [0.25, 0.3) is 16.6 Å². The molecule has 8 heteroatoms. The van der Waals surface area contributed by atoms with Gasteiger partial charge in [-0.25, -0.2) is 4.98 Å². The van der Waals surface area contributed by atoms with Gasteiger partial charge in [0.15, 0.2) is 5.16 Å². The van der Waals surface area contributed by atoms with Gasteiger partial charge in [-0.15, -0.1) is 0 Å². The number of hydrogen-bond donors (Lipinski definition) is 1. The number of rotatable bonds is 7. The van der Waals surface area contributed by atoms with E-state index in [0.717, 1.165) is 0 Å². The summed E-state index contributed by atoms with van der Waals surface area (Å²) in [5.41, 5.74) is 1.60. The molecule has 0 fully saturated rings. The van der Waals surface area contributed by atoms with Crippen LogP contribution in [0.3, 0.4) is 0 Å². The van der Waals surface area contributed by atoms with Gasteiger partial charge in [0.25, 0.3) is 5.56 Å². The summed E-state index contributed by atoms with van der Waals surface area (Å²) in [4.78, 5) is 30.6. The van der Waals surface area contributed by atoms with Crippen LogP contribution in [0.15, 0.2) is 82.7 Å². The van der Waals surface area contributed by atoms with Crippen molar-refractivity contribution in [1.82, 2.24) is 9.55 Å². The Kier molecular flexibility index (Phi) is 6.78. The van der Waals surface area contributed by atoms with E-state index in [1.54, 1.807) is 54.6 Å².